The fourth-order valence-electron chi connectivity index (χ4n) is 4.80. The molecule has 0 saturated carbocycles. The lowest BCUT2D eigenvalue weighted by Gasteiger charge is -2.33. The third kappa shape index (κ3) is 7.41. The van der Waals surface area contributed by atoms with E-state index < -0.39 is 6.10 Å². The SMILES string of the molecule is CCNC(=O)C1=C(CC)CC(OCC(C)O)=NC(N2CCC(COc3cc(-c4cnn(C)c4)cnc3N)CC2)=C1. The maximum atomic E-state index is 12.9. The number of aliphatic imine (C=N–C) groups is 1. The number of nitrogens with two attached hydrogens (primary N) is 1. The minimum absolute atomic E-state index is 0.105. The summed E-state index contributed by atoms with van der Waals surface area (Å²) < 4.78 is 13.7. The largest absolute Gasteiger partial charge is 0.489 e. The van der Waals surface area contributed by atoms with E-state index in [0.717, 1.165) is 42.6 Å². The third-order valence-corrected chi connectivity index (χ3v) is 7.09. The first-order valence-electron chi connectivity index (χ1n) is 14.0. The zero-order chi connectivity index (χ0) is 28.6. The molecule has 2 aliphatic heterocycles. The maximum absolute atomic E-state index is 12.9. The number of ether oxygens (including phenoxy) is 2. The summed E-state index contributed by atoms with van der Waals surface area (Å²) >= 11 is 0. The number of amides is 1. The maximum Gasteiger partial charge on any atom is 0.251 e. The summed E-state index contributed by atoms with van der Waals surface area (Å²) in [4.78, 5) is 24.3. The number of hydrogen-bond donors (Lipinski definition) is 3. The van der Waals surface area contributed by atoms with Crippen molar-refractivity contribution >= 4 is 17.6 Å². The summed E-state index contributed by atoms with van der Waals surface area (Å²) in [6, 6.07) is 1.91. The number of aromatic nitrogens is 3. The Bertz CT molecular complexity index is 1270. The van der Waals surface area contributed by atoms with E-state index in [0.29, 0.717) is 60.8 Å². The van der Waals surface area contributed by atoms with Crippen LogP contribution in [0.15, 0.2) is 52.7 Å². The number of aryl methyl sites for hydroxylation is 1. The van der Waals surface area contributed by atoms with E-state index in [-0.39, 0.29) is 12.5 Å². The Hall–Kier alpha value is -3.86. The molecular weight excluding hydrogens is 510 g/mol. The Balaban J connectivity index is 1.44. The molecule has 1 fully saturated rings. The molecule has 11 heteroatoms. The zero-order valence-electron chi connectivity index (χ0n) is 23.9. The fraction of sp³-hybridized carbons (Fsp3) is 0.517. The number of hydrogen-bond acceptors (Lipinski definition) is 9. The van der Waals surface area contributed by atoms with Crippen LogP contribution in [0.25, 0.3) is 11.1 Å². The van der Waals surface area contributed by atoms with Gasteiger partial charge in [0.15, 0.2) is 17.5 Å². The number of aliphatic hydroxyl groups excluding tert-OH is 1. The van der Waals surface area contributed by atoms with Gasteiger partial charge in [-0.2, -0.15) is 10.1 Å². The van der Waals surface area contributed by atoms with Crippen LogP contribution in [0.3, 0.4) is 0 Å². The Morgan fingerprint density at radius 3 is 2.65 bits per heavy atom. The Morgan fingerprint density at radius 1 is 1.23 bits per heavy atom. The van der Waals surface area contributed by atoms with Crippen molar-refractivity contribution in [2.75, 3.05) is 38.6 Å². The molecule has 2 aromatic rings. The number of piperidine rings is 1. The third-order valence-electron chi connectivity index (χ3n) is 7.09. The first-order valence-corrected chi connectivity index (χ1v) is 14.0. The molecule has 0 spiro atoms. The Kier molecular flexibility index (Phi) is 9.81. The van der Waals surface area contributed by atoms with Gasteiger partial charge in [0.05, 0.1) is 18.9 Å². The van der Waals surface area contributed by atoms with E-state index in [1.54, 1.807) is 24.0 Å². The van der Waals surface area contributed by atoms with Crippen molar-refractivity contribution in [3.05, 3.63) is 47.7 Å². The molecule has 40 heavy (non-hydrogen) atoms. The summed E-state index contributed by atoms with van der Waals surface area (Å²) in [5.74, 6) is 2.40. The van der Waals surface area contributed by atoms with Crippen LogP contribution in [0, 0.1) is 5.92 Å². The molecule has 1 amide bonds. The second-order valence-electron chi connectivity index (χ2n) is 10.3. The van der Waals surface area contributed by atoms with Crippen molar-refractivity contribution in [1.29, 1.82) is 0 Å². The van der Waals surface area contributed by atoms with E-state index in [1.807, 2.05) is 39.2 Å². The number of likely N-dealkylation sites (N-methyl/N-ethyl adjacent to an activating group) is 1. The van der Waals surface area contributed by atoms with Gasteiger partial charge in [-0.25, -0.2) is 4.98 Å². The van der Waals surface area contributed by atoms with Crippen LogP contribution >= 0.6 is 0 Å². The standard InChI is InChI=1S/C29H41N7O4/c1-5-21-12-27(40-17-19(3)37)34-26(13-24(21)29(38)31-6-2)36-9-7-20(8-10-36)18-39-25-11-22(14-32-28(25)30)23-15-33-35(4)16-23/h11,13-16,19-20,37H,5-10,12,17-18H2,1-4H3,(H2,30,32)(H,31,38). The highest BCUT2D eigenvalue weighted by Crippen LogP contribution is 2.30. The lowest BCUT2D eigenvalue weighted by Crippen LogP contribution is -2.35. The van der Waals surface area contributed by atoms with Crippen LogP contribution in [0.2, 0.25) is 0 Å². The topological polar surface area (TPSA) is 140 Å². The number of likely N-dealkylation sites (tertiary alicyclic amines) is 1. The van der Waals surface area contributed by atoms with E-state index in [9.17, 15) is 9.90 Å². The first kappa shape index (κ1) is 29.1. The van der Waals surface area contributed by atoms with Gasteiger partial charge in [0.2, 0.25) is 0 Å². The molecular formula is C29H41N7O4. The van der Waals surface area contributed by atoms with Gasteiger partial charge in [0, 0.05) is 62.2 Å². The van der Waals surface area contributed by atoms with Crippen molar-refractivity contribution < 1.29 is 19.4 Å². The van der Waals surface area contributed by atoms with Gasteiger partial charge in [0.25, 0.3) is 5.91 Å². The summed E-state index contributed by atoms with van der Waals surface area (Å²) in [6.07, 6.45) is 9.64. The molecule has 216 valence electrons. The number of aliphatic hydroxyl groups is 1. The average Bonchev–Trinajstić information content (AvgIpc) is 3.28. The number of carbonyl (C=O) groups excluding carboxylic acids is 1. The van der Waals surface area contributed by atoms with Crippen molar-refractivity contribution in [3.63, 3.8) is 0 Å². The molecule has 4 N–H and O–H groups in total. The second-order valence-corrected chi connectivity index (χ2v) is 10.3. The van der Waals surface area contributed by atoms with Gasteiger partial charge in [0.1, 0.15) is 12.4 Å². The predicted molar refractivity (Wildman–Crippen MR) is 154 cm³/mol. The molecule has 4 rings (SSSR count). The quantitative estimate of drug-likeness (QED) is 0.409. The van der Waals surface area contributed by atoms with Gasteiger partial charge < -0.3 is 30.5 Å². The van der Waals surface area contributed by atoms with Crippen LogP contribution in [0.5, 0.6) is 5.75 Å². The van der Waals surface area contributed by atoms with E-state index in [1.165, 1.54) is 0 Å². The van der Waals surface area contributed by atoms with Crippen molar-refractivity contribution in [2.24, 2.45) is 18.0 Å². The highest BCUT2D eigenvalue weighted by atomic mass is 16.5. The Labute approximate surface area is 235 Å². The molecule has 2 aromatic heterocycles. The van der Waals surface area contributed by atoms with Gasteiger partial charge in [-0.3, -0.25) is 9.48 Å². The van der Waals surface area contributed by atoms with Crippen LogP contribution in [0.4, 0.5) is 5.82 Å². The van der Waals surface area contributed by atoms with Crippen molar-refractivity contribution in [3.8, 4) is 16.9 Å². The zero-order valence-corrected chi connectivity index (χ0v) is 23.9. The molecule has 1 saturated heterocycles. The first-order chi connectivity index (χ1) is 19.3. The molecule has 4 heterocycles. The number of nitrogens with one attached hydrogen (secondary N) is 1. The molecule has 1 unspecified atom stereocenters. The molecule has 0 aromatic carbocycles. The fourth-order valence-corrected chi connectivity index (χ4v) is 4.80. The van der Waals surface area contributed by atoms with Crippen molar-refractivity contribution in [2.45, 2.75) is 52.6 Å². The number of pyridine rings is 1. The van der Waals surface area contributed by atoms with Gasteiger partial charge in [-0.05, 0) is 56.7 Å². The van der Waals surface area contributed by atoms with E-state index in [4.69, 9.17) is 20.2 Å². The number of anilines is 1. The number of carbonyl (C=O) groups is 1. The van der Waals surface area contributed by atoms with Gasteiger partial charge >= 0.3 is 0 Å². The highest BCUT2D eigenvalue weighted by molar-refractivity contribution is 5.99. The summed E-state index contributed by atoms with van der Waals surface area (Å²) in [5, 5.41) is 16.9. The number of nitrogen functional groups attached to an aromatic ring is 1. The van der Waals surface area contributed by atoms with Crippen LogP contribution in [-0.2, 0) is 16.6 Å². The minimum Gasteiger partial charge on any atom is -0.489 e. The number of rotatable bonds is 10. The monoisotopic (exact) mass is 551 g/mol. The van der Waals surface area contributed by atoms with Gasteiger partial charge in [-0.15, -0.1) is 0 Å². The smallest absolute Gasteiger partial charge is 0.251 e. The lowest BCUT2D eigenvalue weighted by atomic mass is 9.97. The normalized spacial score (nSPS) is 17.2. The van der Waals surface area contributed by atoms with Crippen LogP contribution in [0.1, 0.15) is 46.5 Å². The summed E-state index contributed by atoms with van der Waals surface area (Å²) in [6.45, 7) is 8.37. The second kappa shape index (κ2) is 13.5. The van der Waals surface area contributed by atoms with Crippen molar-refractivity contribution in [1.82, 2.24) is 25.0 Å². The molecule has 0 radical (unpaired) electrons. The van der Waals surface area contributed by atoms with Gasteiger partial charge in [-0.1, -0.05) is 6.92 Å². The minimum atomic E-state index is -0.611. The number of nitrogens with zero attached hydrogens (tertiary/aromatic N) is 5. The molecule has 0 aliphatic carbocycles. The van der Waals surface area contributed by atoms with E-state index in [2.05, 4.69) is 20.3 Å². The Morgan fingerprint density at radius 2 is 2.00 bits per heavy atom. The van der Waals surface area contributed by atoms with Crippen LogP contribution in [-0.4, -0.2) is 75.5 Å². The summed E-state index contributed by atoms with van der Waals surface area (Å²) in [5.41, 5.74) is 9.57. The highest BCUT2D eigenvalue weighted by Gasteiger charge is 2.26. The molecule has 11 nitrogen and oxygen atoms in total. The molecule has 2 aliphatic rings. The van der Waals surface area contributed by atoms with Crippen LogP contribution < -0.4 is 15.8 Å². The predicted octanol–water partition coefficient (Wildman–Crippen LogP) is 3.04. The average molecular weight is 552 g/mol. The molecule has 1 atom stereocenters. The molecule has 0 bridgehead atoms. The summed E-state index contributed by atoms with van der Waals surface area (Å²) in [7, 11) is 1.87. The lowest BCUT2D eigenvalue weighted by molar-refractivity contribution is -0.117. The van der Waals surface area contributed by atoms with E-state index >= 15 is 0 Å².